The zero-order valence-corrected chi connectivity index (χ0v) is 38.3. The van der Waals surface area contributed by atoms with Crippen LogP contribution in [-0.2, 0) is 18.4 Å². The highest BCUT2D eigenvalue weighted by Crippen LogP contribution is 2.43. The predicted molar refractivity (Wildman–Crippen MR) is 241 cm³/mol. The maximum atomic E-state index is 12.9. The van der Waals surface area contributed by atoms with E-state index in [1.807, 2.05) is 21.1 Å². The molecule has 10 heteroatoms. The number of unbranched alkanes of at least 4 members (excludes halogenated alkanes) is 19. The number of amides is 1. The molecular weight excluding hydrogens is 735 g/mol. The van der Waals surface area contributed by atoms with E-state index in [1.54, 1.807) is 0 Å². The smallest absolute Gasteiger partial charge is 0.390 e. The van der Waals surface area contributed by atoms with E-state index in [0.717, 1.165) is 64.2 Å². The fourth-order valence-corrected chi connectivity index (χ4v) is 7.12. The first-order valence-electron chi connectivity index (χ1n) is 23.1. The number of hydrogen-bond acceptors (Lipinski definition) is 6. The molecule has 0 saturated heterocycles. The lowest BCUT2D eigenvalue weighted by atomic mass is 10.0. The number of quaternary nitrogens is 1. The molecule has 0 radical (unpaired) electrons. The van der Waals surface area contributed by atoms with E-state index < -0.39 is 32.7 Å². The normalized spacial score (nSPS) is 15.3. The van der Waals surface area contributed by atoms with E-state index in [1.165, 1.54) is 83.5 Å². The third kappa shape index (κ3) is 39.6. The van der Waals surface area contributed by atoms with Crippen LogP contribution >= 0.6 is 7.82 Å². The molecule has 4 unspecified atom stereocenters. The summed E-state index contributed by atoms with van der Waals surface area (Å²) in [6.45, 7) is 4.54. The number of likely N-dealkylation sites (N-methyl/N-ethyl adjacent to an activating group) is 1. The van der Waals surface area contributed by atoms with Gasteiger partial charge in [0.15, 0.2) is 0 Å². The van der Waals surface area contributed by atoms with Crippen molar-refractivity contribution < 1.29 is 38.0 Å². The summed E-state index contributed by atoms with van der Waals surface area (Å²) in [6.07, 6.45) is 44.6. The molecule has 0 saturated carbocycles. The zero-order chi connectivity index (χ0) is 42.3. The third-order valence-electron chi connectivity index (χ3n) is 10.1. The van der Waals surface area contributed by atoms with Crippen LogP contribution in [0.25, 0.3) is 0 Å². The zero-order valence-electron chi connectivity index (χ0n) is 37.4. The van der Waals surface area contributed by atoms with Crippen LogP contribution in [0.2, 0.25) is 0 Å². The number of carbonyl (C=O) groups is 1. The van der Waals surface area contributed by atoms with Crippen molar-refractivity contribution in [2.24, 2.45) is 0 Å². The van der Waals surface area contributed by atoms with Gasteiger partial charge in [-0.15, -0.1) is 0 Å². The summed E-state index contributed by atoms with van der Waals surface area (Å²) in [5.41, 5.74) is 0. The van der Waals surface area contributed by atoms with Crippen LogP contribution in [0.3, 0.4) is 0 Å². The molecule has 57 heavy (non-hydrogen) atoms. The van der Waals surface area contributed by atoms with Crippen molar-refractivity contribution in [2.45, 2.75) is 205 Å². The number of nitrogens with zero attached hydrogens (tertiary/aromatic N) is 1. The van der Waals surface area contributed by atoms with Gasteiger partial charge in [-0.3, -0.25) is 13.8 Å². The van der Waals surface area contributed by atoms with Gasteiger partial charge >= 0.3 is 7.82 Å². The number of hydrogen-bond donors (Lipinski definition) is 4. The number of nitrogens with one attached hydrogen (secondary N) is 1. The highest BCUT2D eigenvalue weighted by Gasteiger charge is 2.31. The number of aliphatic hydroxyl groups is 2. The van der Waals surface area contributed by atoms with Crippen LogP contribution in [0.4, 0.5) is 0 Å². The van der Waals surface area contributed by atoms with Gasteiger partial charge in [0.2, 0.25) is 5.91 Å². The number of carbonyl (C=O) groups excluding carboxylic acids is 1. The maximum Gasteiger partial charge on any atom is 0.472 e. The molecule has 4 atom stereocenters. The summed E-state index contributed by atoms with van der Waals surface area (Å²) < 4.78 is 23.5. The topological polar surface area (TPSA) is 125 Å². The van der Waals surface area contributed by atoms with E-state index in [2.05, 4.69) is 67.8 Å². The summed E-state index contributed by atoms with van der Waals surface area (Å²) in [4.78, 5) is 23.2. The van der Waals surface area contributed by atoms with Crippen LogP contribution in [0.1, 0.15) is 187 Å². The molecule has 0 aromatic carbocycles. The monoisotopic (exact) mass is 826 g/mol. The second kappa shape index (κ2) is 38.6. The lowest BCUT2D eigenvalue weighted by Gasteiger charge is -2.28. The standard InChI is InChI=1S/C47H89N2O7P/c1-6-8-10-12-14-16-18-20-21-22-23-24-25-26-27-28-30-32-34-36-38-40-46(51)48-44(43-56-57(53,54)55-42-41-49(3,4)5)47(52)45(50)39-37-35-33-31-29-19-17-15-13-11-9-7-2/h18,20,22-23,25-26,31,33,44-45,47,50,52H,6-17,19,21,24,27-30,32,34-43H2,1-5H3,(H-,48,51,53,54)/p+1/b20-18-,23-22-,26-25-,33-31+. The Hall–Kier alpha value is -1.58. The Labute approximate surface area is 351 Å². The first kappa shape index (κ1) is 55.4. The first-order valence-corrected chi connectivity index (χ1v) is 24.6. The van der Waals surface area contributed by atoms with Crippen molar-refractivity contribution in [1.82, 2.24) is 5.32 Å². The van der Waals surface area contributed by atoms with Gasteiger partial charge in [0.25, 0.3) is 0 Å². The molecule has 0 bridgehead atoms. The molecule has 0 rings (SSSR count). The van der Waals surface area contributed by atoms with Gasteiger partial charge < -0.3 is 24.9 Å². The van der Waals surface area contributed by atoms with Crippen LogP contribution in [0.15, 0.2) is 48.6 Å². The van der Waals surface area contributed by atoms with Gasteiger partial charge in [0.05, 0.1) is 39.9 Å². The Balaban J connectivity index is 4.50. The Bertz CT molecular complexity index is 1090. The molecular formula is C47H90N2O7P+. The minimum Gasteiger partial charge on any atom is -0.390 e. The Kier molecular flexibility index (Phi) is 37.5. The van der Waals surface area contributed by atoms with Gasteiger partial charge in [-0.25, -0.2) is 4.57 Å². The third-order valence-corrected chi connectivity index (χ3v) is 11.1. The first-order chi connectivity index (χ1) is 27.4. The number of allylic oxidation sites excluding steroid dienone is 8. The van der Waals surface area contributed by atoms with Gasteiger partial charge in [-0.05, 0) is 77.0 Å². The lowest BCUT2D eigenvalue weighted by molar-refractivity contribution is -0.870. The highest BCUT2D eigenvalue weighted by molar-refractivity contribution is 7.47. The Morgan fingerprint density at radius 1 is 0.614 bits per heavy atom. The molecule has 9 nitrogen and oxygen atoms in total. The summed E-state index contributed by atoms with van der Waals surface area (Å²) in [5, 5.41) is 24.6. The molecule has 0 aliphatic heterocycles. The van der Waals surface area contributed by atoms with Crippen LogP contribution in [0, 0.1) is 0 Å². The fraction of sp³-hybridized carbons (Fsp3) is 0.809. The molecule has 0 fully saturated rings. The van der Waals surface area contributed by atoms with Crippen molar-refractivity contribution in [1.29, 1.82) is 0 Å². The van der Waals surface area contributed by atoms with E-state index in [0.29, 0.717) is 30.3 Å². The number of aliphatic hydroxyl groups excluding tert-OH is 2. The Morgan fingerprint density at radius 3 is 1.53 bits per heavy atom. The minimum atomic E-state index is -4.43. The summed E-state index contributed by atoms with van der Waals surface area (Å²) in [5.74, 6) is -0.283. The molecule has 4 N–H and O–H groups in total. The van der Waals surface area contributed by atoms with E-state index in [-0.39, 0.29) is 18.9 Å². The lowest BCUT2D eigenvalue weighted by Crippen LogP contribution is -2.51. The second-order valence-corrected chi connectivity index (χ2v) is 18.4. The van der Waals surface area contributed by atoms with E-state index in [9.17, 15) is 24.5 Å². The van der Waals surface area contributed by atoms with Crippen molar-refractivity contribution >= 4 is 13.7 Å². The molecule has 0 heterocycles. The molecule has 0 aliphatic carbocycles. The van der Waals surface area contributed by atoms with E-state index >= 15 is 0 Å². The summed E-state index contributed by atoms with van der Waals surface area (Å²) >= 11 is 0. The van der Waals surface area contributed by atoms with Gasteiger partial charge in [-0.2, -0.15) is 0 Å². The maximum absolute atomic E-state index is 12.9. The van der Waals surface area contributed by atoms with Crippen LogP contribution in [0.5, 0.6) is 0 Å². The molecule has 0 aromatic rings. The second-order valence-electron chi connectivity index (χ2n) is 16.9. The van der Waals surface area contributed by atoms with Gasteiger partial charge in [-0.1, -0.05) is 152 Å². The average molecular weight is 826 g/mol. The van der Waals surface area contributed by atoms with Crippen LogP contribution in [-0.4, -0.2) is 84.6 Å². The minimum absolute atomic E-state index is 0.0118. The van der Waals surface area contributed by atoms with Gasteiger partial charge in [0.1, 0.15) is 19.3 Å². The molecule has 0 spiro atoms. The van der Waals surface area contributed by atoms with Crippen molar-refractivity contribution in [2.75, 3.05) is 40.9 Å². The van der Waals surface area contributed by atoms with E-state index in [4.69, 9.17) is 9.05 Å². The molecule has 0 aliphatic rings. The molecule has 334 valence electrons. The number of phosphoric ester groups is 1. The van der Waals surface area contributed by atoms with Gasteiger partial charge in [0, 0.05) is 6.42 Å². The van der Waals surface area contributed by atoms with Crippen molar-refractivity contribution in [3.05, 3.63) is 48.6 Å². The number of rotatable bonds is 41. The fourth-order valence-electron chi connectivity index (χ4n) is 6.38. The number of phosphoric acid groups is 1. The van der Waals surface area contributed by atoms with Crippen LogP contribution < -0.4 is 5.32 Å². The average Bonchev–Trinajstić information content (AvgIpc) is 3.16. The summed E-state index contributed by atoms with van der Waals surface area (Å²) in [6, 6.07) is -1.06. The summed E-state index contributed by atoms with van der Waals surface area (Å²) in [7, 11) is 1.40. The Morgan fingerprint density at radius 2 is 1.04 bits per heavy atom. The quantitative estimate of drug-likeness (QED) is 0.0209. The van der Waals surface area contributed by atoms with Crippen molar-refractivity contribution in [3.8, 4) is 0 Å². The highest BCUT2D eigenvalue weighted by atomic mass is 31.2. The van der Waals surface area contributed by atoms with Crippen molar-refractivity contribution in [3.63, 3.8) is 0 Å². The SMILES string of the molecule is CCCCCCC/C=C\C/C=C\C/C=C\CCCCCCCCC(=O)NC(COP(=O)(O)OCC[N+](C)(C)C)C(O)C(O)CCC/C=C/CCCCCCCCC. The molecule has 0 aromatic heterocycles. The largest absolute Gasteiger partial charge is 0.472 e. The predicted octanol–water partition coefficient (Wildman–Crippen LogP) is 11.8. The molecule has 1 amide bonds.